The van der Waals surface area contributed by atoms with Gasteiger partial charge in [0.15, 0.2) is 0 Å². The number of halogens is 1. The second kappa shape index (κ2) is 7.67. The van der Waals surface area contributed by atoms with Crippen LogP contribution < -0.4 is 5.43 Å². The number of nitrogens with one attached hydrogen (secondary N) is 1. The number of furan rings is 1. The standard InChI is InChI=1S/C17H11ClN4O5/c18-12-3-1-11(2-4-12)17-8-6-14(27-17)10-19-20-15-7-5-13(21(23)24)9-16(15)22(25)26/h1-10,20H/b19-10+. The molecule has 0 aliphatic rings. The Labute approximate surface area is 157 Å². The minimum absolute atomic E-state index is 0.0198. The molecule has 0 amide bonds. The quantitative estimate of drug-likeness (QED) is 0.366. The molecule has 27 heavy (non-hydrogen) atoms. The average Bonchev–Trinajstić information content (AvgIpc) is 3.11. The average molecular weight is 387 g/mol. The van der Waals surface area contributed by atoms with E-state index in [1.165, 1.54) is 12.3 Å². The largest absolute Gasteiger partial charge is 0.455 e. The lowest BCUT2D eigenvalue weighted by Gasteiger charge is -2.01. The number of benzene rings is 2. The molecular formula is C17H11ClN4O5. The van der Waals surface area contributed by atoms with Gasteiger partial charge in [-0.1, -0.05) is 11.6 Å². The van der Waals surface area contributed by atoms with Crippen molar-refractivity contribution in [3.8, 4) is 11.3 Å². The molecule has 1 aromatic heterocycles. The van der Waals surface area contributed by atoms with Crippen molar-refractivity contribution in [2.45, 2.75) is 0 Å². The van der Waals surface area contributed by atoms with Crippen molar-refractivity contribution in [3.05, 3.63) is 85.6 Å². The topological polar surface area (TPSA) is 124 Å². The van der Waals surface area contributed by atoms with Crippen molar-refractivity contribution in [1.29, 1.82) is 0 Å². The molecule has 0 spiro atoms. The highest BCUT2D eigenvalue weighted by molar-refractivity contribution is 6.30. The maximum absolute atomic E-state index is 11.1. The third-order valence-electron chi connectivity index (χ3n) is 3.52. The van der Waals surface area contributed by atoms with Gasteiger partial charge < -0.3 is 4.42 Å². The van der Waals surface area contributed by atoms with Crippen LogP contribution in [-0.4, -0.2) is 16.1 Å². The van der Waals surface area contributed by atoms with Crippen LogP contribution in [0, 0.1) is 20.2 Å². The number of nitro benzene ring substituents is 2. The van der Waals surface area contributed by atoms with Gasteiger partial charge in [0.1, 0.15) is 17.2 Å². The summed E-state index contributed by atoms with van der Waals surface area (Å²) >= 11 is 5.85. The summed E-state index contributed by atoms with van der Waals surface area (Å²) in [6, 6.07) is 13.7. The van der Waals surface area contributed by atoms with Crippen LogP contribution in [0.15, 0.2) is 64.1 Å². The molecular weight excluding hydrogens is 376 g/mol. The molecule has 10 heteroatoms. The van der Waals surface area contributed by atoms with Gasteiger partial charge in [-0.05, 0) is 42.5 Å². The van der Waals surface area contributed by atoms with E-state index in [9.17, 15) is 20.2 Å². The Morgan fingerprint density at radius 1 is 1.00 bits per heavy atom. The molecule has 0 aliphatic heterocycles. The summed E-state index contributed by atoms with van der Waals surface area (Å²) in [7, 11) is 0. The third-order valence-corrected chi connectivity index (χ3v) is 3.77. The molecule has 136 valence electrons. The Morgan fingerprint density at radius 3 is 2.41 bits per heavy atom. The Balaban J connectivity index is 1.75. The van der Waals surface area contributed by atoms with E-state index in [2.05, 4.69) is 10.5 Å². The summed E-state index contributed by atoms with van der Waals surface area (Å²) in [5, 5.41) is 26.3. The van der Waals surface area contributed by atoms with E-state index in [4.69, 9.17) is 16.0 Å². The van der Waals surface area contributed by atoms with Crippen LogP contribution in [0.2, 0.25) is 5.02 Å². The molecule has 3 rings (SSSR count). The van der Waals surface area contributed by atoms with E-state index in [-0.39, 0.29) is 11.4 Å². The highest BCUT2D eigenvalue weighted by atomic mass is 35.5. The molecule has 0 saturated heterocycles. The third kappa shape index (κ3) is 4.28. The summed E-state index contributed by atoms with van der Waals surface area (Å²) < 4.78 is 5.62. The zero-order valence-corrected chi connectivity index (χ0v) is 14.3. The van der Waals surface area contributed by atoms with Gasteiger partial charge >= 0.3 is 5.69 Å². The Bertz CT molecular complexity index is 1030. The minimum atomic E-state index is -0.726. The van der Waals surface area contributed by atoms with E-state index >= 15 is 0 Å². The predicted octanol–water partition coefficient (Wildman–Crippen LogP) is 4.86. The number of anilines is 1. The van der Waals surface area contributed by atoms with Crippen LogP contribution in [0.25, 0.3) is 11.3 Å². The fourth-order valence-electron chi connectivity index (χ4n) is 2.24. The summed E-state index contributed by atoms with van der Waals surface area (Å²) in [6.07, 6.45) is 1.34. The summed E-state index contributed by atoms with van der Waals surface area (Å²) in [6.45, 7) is 0. The number of rotatable bonds is 6. The van der Waals surface area contributed by atoms with Crippen molar-refractivity contribution in [2.75, 3.05) is 5.43 Å². The first kappa shape index (κ1) is 18.1. The normalized spacial score (nSPS) is 10.9. The molecule has 2 aromatic carbocycles. The first-order valence-corrected chi connectivity index (χ1v) is 7.89. The Hall–Kier alpha value is -3.72. The number of hydrogen-bond acceptors (Lipinski definition) is 7. The summed E-state index contributed by atoms with van der Waals surface area (Å²) in [4.78, 5) is 20.4. The first-order chi connectivity index (χ1) is 12.9. The summed E-state index contributed by atoms with van der Waals surface area (Å²) in [5.41, 5.74) is 2.51. The molecule has 0 radical (unpaired) electrons. The van der Waals surface area contributed by atoms with Crippen molar-refractivity contribution >= 4 is 34.9 Å². The van der Waals surface area contributed by atoms with Crippen molar-refractivity contribution in [1.82, 2.24) is 0 Å². The van der Waals surface area contributed by atoms with E-state index in [0.29, 0.717) is 16.5 Å². The van der Waals surface area contributed by atoms with Crippen LogP contribution in [0.5, 0.6) is 0 Å². The monoisotopic (exact) mass is 386 g/mol. The molecule has 0 aliphatic carbocycles. The van der Waals surface area contributed by atoms with E-state index in [0.717, 1.165) is 17.7 Å². The predicted molar refractivity (Wildman–Crippen MR) is 100 cm³/mol. The van der Waals surface area contributed by atoms with Crippen LogP contribution in [0.4, 0.5) is 17.1 Å². The molecule has 3 aromatic rings. The lowest BCUT2D eigenvalue weighted by molar-refractivity contribution is -0.393. The van der Waals surface area contributed by atoms with Crippen LogP contribution in [0.1, 0.15) is 5.76 Å². The zero-order chi connectivity index (χ0) is 19.4. The number of nitro groups is 2. The second-order valence-corrected chi connectivity index (χ2v) is 5.73. The van der Waals surface area contributed by atoms with Crippen molar-refractivity contribution in [3.63, 3.8) is 0 Å². The second-order valence-electron chi connectivity index (χ2n) is 5.29. The van der Waals surface area contributed by atoms with E-state index < -0.39 is 15.5 Å². The van der Waals surface area contributed by atoms with Crippen LogP contribution in [0.3, 0.4) is 0 Å². The smallest absolute Gasteiger partial charge is 0.301 e. The molecule has 0 fully saturated rings. The Morgan fingerprint density at radius 2 is 1.74 bits per heavy atom. The number of non-ortho nitro benzene ring substituents is 1. The number of nitrogens with zero attached hydrogens (tertiary/aromatic N) is 3. The number of hydrogen-bond donors (Lipinski definition) is 1. The van der Waals surface area contributed by atoms with E-state index in [1.807, 2.05) is 0 Å². The summed E-state index contributed by atoms with van der Waals surface area (Å²) in [5.74, 6) is 1.02. The lowest BCUT2D eigenvalue weighted by atomic mass is 10.2. The number of hydrazone groups is 1. The van der Waals surface area contributed by atoms with Crippen molar-refractivity contribution in [2.24, 2.45) is 5.10 Å². The van der Waals surface area contributed by atoms with Gasteiger partial charge in [-0.15, -0.1) is 0 Å². The first-order valence-electron chi connectivity index (χ1n) is 7.52. The van der Waals surface area contributed by atoms with Crippen molar-refractivity contribution < 1.29 is 14.3 Å². The van der Waals surface area contributed by atoms with Gasteiger partial charge in [0.25, 0.3) is 5.69 Å². The molecule has 0 unspecified atom stereocenters. The molecule has 0 bridgehead atoms. The fraction of sp³-hybridized carbons (Fsp3) is 0. The van der Waals surface area contributed by atoms with Gasteiger partial charge in [-0.25, -0.2) is 0 Å². The highest BCUT2D eigenvalue weighted by Gasteiger charge is 2.19. The van der Waals surface area contributed by atoms with Gasteiger partial charge in [0.2, 0.25) is 0 Å². The molecule has 0 saturated carbocycles. The zero-order valence-electron chi connectivity index (χ0n) is 13.5. The van der Waals surface area contributed by atoms with Crippen LogP contribution >= 0.6 is 11.6 Å². The molecule has 1 heterocycles. The highest BCUT2D eigenvalue weighted by Crippen LogP contribution is 2.29. The van der Waals surface area contributed by atoms with E-state index in [1.54, 1.807) is 36.4 Å². The lowest BCUT2D eigenvalue weighted by Crippen LogP contribution is -1.98. The van der Waals surface area contributed by atoms with Gasteiger partial charge in [-0.2, -0.15) is 5.10 Å². The molecule has 1 N–H and O–H groups in total. The minimum Gasteiger partial charge on any atom is -0.455 e. The maximum Gasteiger partial charge on any atom is 0.301 e. The maximum atomic E-state index is 11.1. The van der Waals surface area contributed by atoms with Gasteiger partial charge in [0.05, 0.1) is 22.1 Å². The Kier molecular flexibility index (Phi) is 5.13. The fourth-order valence-corrected chi connectivity index (χ4v) is 2.36. The van der Waals surface area contributed by atoms with Gasteiger partial charge in [0, 0.05) is 16.7 Å². The molecule has 9 nitrogen and oxygen atoms in total. The SMILES string of the molecule is O=[N+]([O-])c1ccc(N/N=C/c2ccc(-c3ccc(Cl)cc3)o2)c([N+](=O)[O-])c1. The van der Waals surface area contributed by atoms with Crippen LogP contribution in [-0.2, 0) is 0 Å². The molecule has 0 atom stereocenters. The van der Waals surface area contributed by atoms with Gasteiger partial charge in [-0.3, -0.25) is 25.7 Å².